The summed E-state index contributed by atoms with van der Waals surface area (Å²) in [5.41, 5.74) is 7.65. The molecule has 2 aromatic carbocycles. The second-order valence-electron chi connectivity index (χ2n) is 6.73. The molecule has 1 fully saturated rings. The van der Waals surface area contributed by atoms with Gasteiger partial charge in [-0.2, -0.15) is 4.98 Å². The van der Waals surface area contributed by atoms with Gasteiger partial charge in [0.25, 0.3) is 5.89 Å². The van der Waals surface area contributed by atoms with Gasteiger partial charge in [-0.3, -0.25) is 0 Å². The molecule has 0 radical (unpaired) electrons. The number of rotatable bonds is 5. The van der Waals surface area contributed by atoms with E-state index in [0.717, 1.165) is 36.8 Å². The quantitative estimate of drug-likeness (QED) is 0.745. The molecule has 5 nitrogen and oxygen atoms in total. The monoisotopic (exact) mass is 353 g/mol. The highest BCUT2D eigenvalue weighted by molar-refractivity contribution is 5.54. The van der Waals surface area contributed by atoms with E-state index in [0.29, 0.717) is 24.1 Å². The Hall–Kier alpha value is -2.73. The maximum absolute atomic E-state index is 13.2. The fourth-order valence-corrected chi connectivity index (χ4v) is 3.29. The minimum absolute atomic E-state index is 0.319. The third-order valence-corrected chi connectivity index (χ3v) is 4.74. The summed E-state index contributed by atoms with van der Waals surface area (Å²) >= 11 is 0. The van der Waals surface area contributed by atoms with Crippen molar-refractivity contribution in [2.24, 2.45) is 5.73 Å². The molecule has 0 aliphatic heterocycles. The molecule has 6 heteroatoms. The van der Waals surface area contributed by atoms with Gasteiger partial charge in [0, 0.05) is 11.6 Å². The first-order valence-corrected chi connectivity index (χ1v) is 8.73. The summed E-state index contributed by atoms with van der Waals surface area (Å²) < 4.78 is 24.3. The first kappa shape index (κ1) is 16.7. The summed E-state index contributed by atoms with van der Waals surface area (Å²) in [7, 11) is 0. The van der Waals surface area contributed by atoms with Crippen LogP contribution in [0.25, 0.3) is 11.5 Å². The van der Waals surface area contributed by atoms with Crippen molar-refractivity contribution in [2.75, 3.05) is 0 Å². The van der Waals surface area contributed by atoms with Crippen LogP contribution < -0.4 is 10.5 Å². The molecule has 1 aromatic heterocycles. The number of ether oxygens (including phenoxy) is 1. The third kappa shape index (κ3) is 3.46. The van der Waals surface area contributed by atoms with Gasteiger partial charge in [-0.05, 0) is 42.7 Å². The smallest absolute Gasteiger partial charge is 0.258 e. The van der Waals surface area contributed by atoms with E-state index < -0.39 is 5.54 Å². The average Bonchev–Trinajstić information content (AvgIpc) is 3.31. The minimum atomic E-state index is -0.472. The lowest BCUT2D eigenvalue weighted by Crippen LogP contribution is -2.34. The van der Waals surface area contributed by atoms with Gasteiger partial charge in [0.05, 0.1) is 5.54 Å². The Morgan fingerprint density at radius 2 is 1.92 bits per heavy atom. The van der Waals surface area contributed by atoms with Crippen molar-refractivity contribution in [3.63, 3.8) is 0 Å². The average molecular weight is 353 g/mol. The van der Waals surface area contributed by atoms with Crippen molar-refractivity contribution in [1.29, 1.82) is 0 Å². The van der Waals surface area contributed by atoms with Crippen LogP contribution in [0.15, 0.2) is 53.1 Å². The Bertz CT molecular complexity index is 903. The molecule has 134 valence electrons. The molecule has 4 rings (SSSR count). The van der Waals surface area contributed by atoms with Crippen LogP contribution in [-0.4, -0.2) is 10.1 Å². The molecule has 0 bridgehead atoms. The van der Waals surface area contributed by atoms with E-state index in [-0.39, 0.29) is 5.82 Å². The molecule has 0 spiro atoms. The molecule has 3 aromatic rings. The normalized spacial score (nSPS) is 15.9. The maximum Gasteiger partial charge on any atom is 0.258 e. The zero-order valence-electron chi connectivity index (χ0n) is 14.3. The van der Waals surface area contributed by atoms with E-state index >= 15 is 0 Å². The van der Waals surface area contributed by atoms with Crippen molar-refractivity contribution in [1.82, 2.24) is 10.1 Å². The van der Waals surface area contributed by atoms with Crippen LogP contribution in [0, 0.1) is 5.82 Å². The van der Waals surface area contributed by atoms with Crippen LogP contribution in [0.4, 0.5) is 4.39 Å². The van der Waals surface area contributed by atoms with Crippen molar-refractivity contribution >= 4 is 0 Å². The van der Waals surface area contributed by atoms with Crippen molar-refractivity contribution in [2.45, 2.75) is 37.8 Å². The molecule has 1 heterocycles. The first-order valence-electron chi connectivity index (χ1n) is 8.73. The Labute approximate surface area is 151 Å². The summed E-state index contributed by atoms with van der Waals surface area (Å²) in [6.45, 7) is 0.319. The van der Waals surface area contributed by atoms with Gasteiger partial charge < -0.3 is 15.0 Å². The van der Waals surface area contributed by atoms with Crippen LogP contribution in [0.2, 0.25) is 0 Å². The van der Waals surface area contributed by atoms with Crippen LogP contribution in [-0.2, 0) is 12.1 Å². The highest BCUT2D eigenvalue weighted by atomic mass is 19.1. The largest absolute Gasteiger partial charge is 0.489 e. The van der Waals surface area contributed by atoms with Crippen molar-refractivity contribution < 1.29 is 13.7 Å². The van der Waals surface area contributed by atoms with Crippen LogP contribution in [0.1, 0.15) is 37.1 Å². The molecule has 0 unspecified atom stereocenters. The summed E-state index contributed by atoms with van der Waals surface area (Å²) in [4.78, 5) is 4.51. The highest BCUT2D eigenvalue weighted by Gasteiger charge is 2.36. The maximum atomic E-state index is 13.2. The fraction of sp³-hybridized carbons (Fsp3) is 0.300. The Morgan fingerprint density at radius 3 is 2.73 bits per heavy atom. The van der Waals surface area contributed by atoms with Gasteiger partial charge in [0.15, 0.2) is 5.82 Å². The van der Waals surface area contributed by atoms with Gasteiger partial charge in [-0.25, -0.2) is 4.39 Å². The van der Waals surface area contributed by atoms with Gasteiger partial charge in [-0.15, -0.1) is 0 Å². The predicted molar refractivity (Wildman–Crippen MR) is 94.8 cm³/mol. The number of halogens is 1. The number of benzene rings is 2. The first-order chi connectivity index (χ1) is 12.6. The standard InChI is InChI=1S/C20H20FN3O2/c21-16-7-4-8-17(12-16)25-13-14-5-3-6-15(11-14)18-23-19(24-26-18)20(22)9-1-2-10-20/h3-8,11-12H,1-2,9-10,13,22H2. The summed E-state index contributed by atoms with van der Waals surface area (Å²) in [6.07, 6.45) is 3.95. The van der Waals surface area contributed by atoms with Gasteiger partial charge in [0.1, 0.15) is 18.2 Å². The highest BCUT2D eigenvalue weighted by Crippen LogP contribution is 2.35. The fourth-order valence-electron chi connectivity index (χ4n) is 3.29. The number of hydrogen-bond acceptors (Lipinski definition) is 5. The molecule has 0 atom stereocenters. The van der Waals surface area contributed by atoms with E-state index in [1.54, 1.807) is 12.1 Å². The Morgan fingerprint density at radius 1 is 1.12 bits per heavy atom. The number of hydrogen-bond donors (Lipinski definition) is 1. The van der Waals surface area contributed by atoms with Gasteiger partial charge >= 0.3 is 0 Å². The van der Waals surface area contributed by atoms with E-state index in [1.165, 1.54) is 12.1 Å². The molecule has 1 saturated carbocycles. The lowest BCUT2D eigenvalue weighted by atomic mass is 9.98. The zero-order chi connectivity index (χ0) is 18.0. The molecule has 0 saturated heterocycles. The SMILES string of the molecule is NC1(c2noc(-c3cccc(COc4cccc(F)c4)c3)n2)CCCC1. The minimum Gasteiger partial charge on any atom is -0.489 e. The molecule has 1 aliphatic rings. The summed E-state index contributed by atoms with van der Waals surface area (Å²) in [5, 5.41) is 4.10. The summed E-state index contributed by atoms with van der Waals surface area (Å²) in [5.74, 6) is 1.19. The Balaban J connectivity index is 1.50. The summed E-state index contributed by atoms with van der Waals surface area (Å²) in [6, 6.07) is 13.7. The number of nitrogens with zero attached hydrogens (tertiary/aromatic N) is 2. The van der Waals surface area contributed by atoms with E-state index in [4.69, 9.17) is 15.0 Å². The van der Waals surface area contributed by atoms with E-state index in [9.17, 15) is 4.39 Å². The van der Waals surface area contributed by atoms with Crippen LogP contribution in [0.5, 0.6) is 5.75 Å². The van der Waals surface area contributed by atoms with Gasteiger partial charge in [0.2, 0.25) is 0 Å². The topological polar surface area (TPSA) is 74.2 Å². The van der Waals surface area contributed by atoms with Crippen LogP contribution >= 0.6 is 0 Å². The van der Waals surface area contributed by atoms with Crippen molar-refractivity contribution in [3.05, 3.63) is 65.7 Å². The van der Waals surface area contributed by atoms with Gasteiger partial charge in [-0.1, -0.05) is 36.2 Å². The molecular weight excluding hydrogens is 333 g/mol. The second-order valence-corrected chi connectivity index (χ2v) is 6.73. The molecule has 1 aliphatic carbocycles. The molecular formula is C20H20FN3O2. The zero-order valence-corrected chi connectivity index (χ0v) is 14.3. The predicted octanol–water partition coefficient (Wildman–Crippen LogP) is 4.18. The lowest BCUT2D eigenvalue weighted by Gasteiger charge is -2.17. The Kier molecular flexibility index (Phi) is 4.42. The second kappa shape index (κ2) is 6.88. The van der Waals surface area contributed by atoms with E-state index in [1.807, 2.05) is 24.3 Å². The third-order valence-electron chi connectivity index (χ3n) is 4.74. The molecule has 2 N–H and O–H groups in total. The lowest BCUT2D eigenvalue weighted by molar-refractivity contribution is 0.304. The van der Waals surface area contributed by atoms with E-state index in [2.05, 4.69) is 10.1 Å². The molecule has 0 amide bonds. The number of nitrogens with two attached hydrogens (primary N) is 1. The number of aromatic nitrogens is 2. The molecule has 26 heavy (non-hydrogen) atoms. The van der Waals surface area contributed by atoms with Crippen LogP contribution in [0.3, 0.4) is 0 Å². The van der Waals surface area contributed by atoms with Crippen molar-refractivity contribution in [3.8, 4) is 17.2 Å².